The maximum Gasteiger partial charge on any atom is 0.339 e. The summed E-state index contributed by atoms with van der Waals surface area (Å²) in [6, 6.07) is 11.1. The van der Waals surface area contributed by atoms with Crippen LogP contribution in [0.2, 0.25) is 0 Å². The van der Waals surface area contributed by atoms with Gasteiger partial charge in [-0.2, -0.15) is 13.4 Å². The van der Waals surface area contributed by atoms with Crippen molar-refractivity contribution in [1.82, 2.24) is 15.5 Å². The number of carbonyl (C=O) groups excluding carboxylic acids is 1. The lowest BCUT2D eigenvalue weighted by Crippen LogP contribution is -2.24. The molecule has 0 aliphatic carbocycles. The van der Waals surface area contributed by atoms with E-state index >= 15 is 0 Å². The average molecular weight is 429 g/mol. The second-order valence-electron chi connectivity index (χ2n) is 6.93. The highest BCUT2D eigenvalue weighted by atomic mass is 32.2. The molecule has 0 bridgehead atoms. The smallest absolute Gasteiger partial charge is 0.339 e. The fraction of sp³-hybridized carbons (Fsp3) is 0.286. The summed E-state index contributed by atoms with van der Waals surface area (Å²) in [5, 5.41) is 6.51. The molecule has 0 unspecified atom stereocenters. The number of aryl methyl sites for hydroxylation is 4. The van der Waals surface area contributed by atoms with E-state index in [4.69, 9.17) is 8.71 Å². The molecule has 0 radical (unpaired) electrons. The van der Waals surface area contributed by atoms with Crippen molar-refractivity contribution in [2.24, 2.45) is 0 Å². The van der Waals surface area contributed by atoms with Crippen LogP contribution < -0.4 is 9.50 Å². The quantitative estimate of drug-likeness (QED) is 0.432. The van der Waals surface area contributed by atoms with E-state index in [0.717, 1.165) is 5.56 Å². The standard InChI is InChI=1S/C21H23N3O5S/c1-14-6-7-15(2)19(13-14)30(26,27)29-18-10-8-17(9-11-18)21(25)22-12-4-5-20-23-16(3)24-28-20/h6-11,13H,4-5,12H2,1-3H3,(H,22,25). The number of nitrogens with one attached hydrogen (secondary N) is 1. The van der Waals surface area contributed by atoms with Crippen molar-refractivity contribution >= 4 is 16.0 Å². The Bertz CT molecular complexity index is 1140. The Hall–Kier alpha value is -3.20. The van der Waals surface area contributed by atoms with E-state index in [9.17, 15) is 13.2 Å². The van der Waals surface area contributed by atoms with Crippen LogP contribution in [-0.4, -0.2) is 31.0 Å². The van der Waals surface area contributed by atoms with Crippen molar-refractivity contribution in [3.05, 3.63) is 70.9 Å². The van der Waals surface area contributed by atoms with E-state index in [-0.39, 0.29) is 16.6 Å². The molecular weight excluding hydrogens is 406 g/mol. The molecule has 9 heteroatoms. The highest BCUT2D eigenvalue weighted by molar-refractivity contribution is 7.87. The van der Waals surface area contributed by atoms with Crippen molar-refractivity contribution < 1.29 is 21.9 Å². The third kappa shape index (κ3) is 5.44. The summed E-state index contributed by atoms with van der Waals surface area (Å²) < 4.78 is 35.4. The van der Waals surface area contributed by atoms with E-state index in [0.29, 0.717) is 42.2 Å². The van der Waals surface area contributed by atoms with Gasteiger partial charge in [0.15, 0.2) is 5.82 Å². The highest BCUT2D eigenvalue weighted by Gasteiger charge is 2.19. The van der Waals surface area contributed by atoms with E-state index < -0.39 is 10.1 Å². The average Bonchev–Trinajstić information content (AvgIpc) is 3.12. The Morgan fingerprint density at radius 3 is 2.50 bits per heavy atom. The van der Waals surface area contributed by atoms with Crippen LogP contribution in [-0.2, 0) is 16.5 Å². The summed E-state index contributed by atoms with van der Waals surface area (Å²) in [7, 11) is -3.96. The molecule has 8 nitrogen and oxygen atoms in total. The van der Waals surface area contributed by atoms with Gasteiger partial charge in [-0.15, -0.1) is 0 Å². The first-order valence-electron chi connectivity index (χ1n) is 9.44. The molecule has 1 heterocycles. The molecule has 1 amide bonds. The number of hydrogen-bond donors (Lipinski definition) is 1. The SMILES string of the molecule is Cc1ccc(C)c(S(=O)(=O)Oc2ccc(C(=O)NCCCc3nc(C)no3)cc2)c1. The molecule has 2 aromatic carbocycles. The lowest BCUT2D eigenvalue weighted by Gasteiger charge is -2.10. The van der Waals surface area contributed by atoms with Gasteiger partial charge >= 0.3 is 10.1 Å². The lowest BCUT2D eigenvalue weighted by molar-refractivity contribution is 0.0953. The van der Waals surface area contributed by atoms with Gasteiger partial charge in [0.2, 0.25) is 5.89 Å². The van der Waals surface area contributed by atoms with Crippen molar-refractivity contribution in [3.8, 4) is 5.75 Å². The van der Waals surface area contributed by atoms with Gasteiger partial charge < -0.3 is 14.0 Å². The molecule has 1 aromatic heterocycles. The van der Waals surface area contributed by atoms with E-state index in [1.54, 1.807) is 26.0 Å². The number of hydrogen-bond acceptors (Lipinski definition) is 7. The summed E-state index contributed by atoms with van der Waals surface area (Å²) >= 11 is 0. The first-order valence-corrected chi connectivity index (χ1v) is 10.8. The number of carbonyl (C=O) groups is 1. The molecule has 0 fully saturated rings. The predicted octanol–water partition coefficient (Wildman–Crippen LogP) is 3.13. The van der Waals surface area contributed by atoms with Crippen LogP contribution in [0.4, 0.5) is 0 Å². The molecule has 0 saturated carbocycles. The second kappa shape index (κ2) is 9.08. The van der Waals surface area contributed by atoms with Crippen LogP contribution in [0.5, 0.6) is 5.75 Å². The van der Waals surface area contributed by atoms with Crippen LogP contribution in [0.1, 0.15) is 39.6 Å². The minimum Gasteiger partial charge on any atom is -0.379 e. The Balaban J connectivity index is 1.56. The Kier molecular flexibility index (Phi) is 6.51. The van der Waals surface area contributed by atoms with Gasteiger partial charge in [0.05, 0.1) is 0 Å². The molecule has 0 aliphatic heterocycles. The number of aromatic nitrogens is 2. The first kappa shape index (κ1) is 21.5. The summed E-state index contributed by atoms with van der Waals surface area (Å²) in [5.41, 5.74) is 1.83. The van der Waals surface area contributed by atoms with Crippen molar-refractivity contribution in [3.63, 3.8) is 0 Å². The molecule has 0 aliphatic rings. The maximum absolute atomic E-state index is 12.6. The molecular formula is C21H23N3O5S. The van der Waals surface area contributed by atoms with Gasteiger partial charge in [-0.25, -0.2) is 0 Å². The van der Waals surface area contributed by atoms with E-state index in [2.05, 4.69) is 15.5 Å². The number of rotatable bonds is 8. The number of nitrogens with zero attached hydrogens (tertiary/aromatic N) is 2. The van der Waals surface area contributed by atoms with Gasteiger partial charge in [-0.1, -0.05) is 17.3 Å². The summed E-state index contributed by atoms with van der Waals surface area (Å²) in [6.45, 7) is 5.71. The Morgan fingerprint density at radius 1 is 1.10 bits per heavy atom. The molecule has 1 N–H and O–H groups in total. The second-order valence-corrected chi connectivity index (χ2v) is 8.44. The minimum atomic E-state index is -3.96. The van der Waals surface area contributed by atoms with Gasteiger partial charge in [-0.3, -0.25) is 4.79 Å². The van der Waals surface area contributed by atoms with Crippen LogP contribution in [0.15, 0.2) is 51.9 Å². The fourth-order valence-electron chi connectivity index (χ4n) is 2.80. The monoisotopic (exact) mass is 429 g/mol. The first-order chi connectivity index (χ1) is 14.2. The molecule has 30 heavy (non-hydrogen) atoms. The van der Waals surface area contributed by atoms with Gasteiger partial charge in [0.1, 0.15) is 10.6 Å². The topological polar surface area (TPSA) is 111 Å². The summed E-state index contributed by atoms with van der Waals surface area (Å²) in [6.07, 6.45) is 1.23. The molecule has 0 spiro atoms. The largest absolute Gasteiger partial charge is 0.379 e. The zero-order valence-corrected chi connectivity index (χ0v) is 17.8. The van der Waals surface area contributed by atoms with Crippen molar-refractivity contribution in [2.75, 3.05) is 6.54 Å². The highest BCUT2D eigenvalue weighted by Crippen LogP contribution is 2.22. The van der Waals surface area contributed by atoms with Gasteiger partial charge in [0, 0.05) is 18.5 Å². The normalized spacial score (nSPS) is 11.3. The van der Waals surface area contributed by atoms with E-state index in [1.165, 1.54) is 24.3 Å². The maximum atomic E-state index is 12.6. The van der Waals surface area contributed by atoms with E-state index in [1.807, 2.05) is 13.0 Å². The van der Waals surface area contributed by atoms with Crippen molar-refractivity contribution in [1.29, 1.82) is 0 Å². The van der Waals surface area contributed by atoms with Crippen LogP contribution in [0, 0.1) is 20.8 Å². The molecule has 0 atom stereocenters. The lowest BCUT2D eigenvalue weighted by atomic mass is 10.2. The van der Waals surface area contributed by atoms with Crippen molar-refractivity contribution in [2.45, 2.75) is 38.5 Å². The fourth-order valence-corrected chi connectivity index (χ4v) is 4.04. The number of benzene rings is 2. The zero-order valence-electron chi connectivity index (χ0n) is 17.0. The summed E-state index contributed by atoms with van der Waals surface area (Å²) in [5.74, 6) is 0.990. The van der Waals surface area contributed by atoms with Gasteiger partial charge in [-0.05, 0) is 68.7 Å². The molecule has 3 rings (SSSR count). The Morgan fingerprint density at radius 2 is 1.83 bits per heavy atom. The third-order valence-corrected chi connectivity index (χ3v) is 5.75. The summed E-state index contributed by atoms with van der Waals surface area (Å²) in [4.78, 5) is 16.5. The van der Waals surface area contributed by atoms with Gasteiger partial charge in [0.25, 0.3) is 5.91 Å². The molecule has 158 valence electrons. The molecule has 0 saturated heterocycles. The number of amides is 1. The van der Waals surface area contributed by atoms with Crippen LogP contribution >= 0.6 is 0 Å². The molecule has 3 aromatic rings. The van der Waals surface area contributed by atoms with Crippen LogP contribution in [0.3, 0.4) is 0 Å². The predicted molar refractivity (Wildman–Crippen MR) is 110 cm³/mol. The third-order valence-electron chi connectivity index (χ3n) is 4.36. The minimum absolute atomic E-state index is 0.126. The Labute approximate surface area is 175 Å². The van der Waals surface area contributed by atoms with Crippen LogP contribution in [0.25, 0.3) is 0 Å². The zero-order chi connectivity index (χ0) is 21.7.